The molecule has 0 bridgehead atoms. The third-order valence-electron chi connectivity index (χ3n) is 5.19. The zero-order chi connectivity index (χ0) is 18.7. The molecule has 0 spiro atoms. The molecule has 2 fully saturated rings. The maximum Gasteiger partial charge on any atom is 0.246 e. The van der Waals surface area contributed by atoms with Crippen LogP contribution in [-0.2, 0) is 20.9 Å². The average molecular weight is 358 g/mol. The molecule has 140 valence electrons. The summed E-state index contributed by atoms with van der Waals surface area (Å²) in [4.78, 5) is 39.0. The third kappa shape index (κ3) is 3.88. The quantitative estimate of drug-likeness (QED) is 0.703. The van der Waals surface area contributed by atoms with Gasteiger partial charge >= 0.3 is 0 Å². The molecular weight excluding hydrogens is 332 g/mol. The minimum atomic E-state index is -0.663. The van der Waals surface area contributed by atoms with Gasteiger partial charge in [0.1, 0.15) is 12.1 Å². The molecule has 26 heavy (non-hydrogen) atoms. The molecule has 0 aromatic heterocycles. The number of fused-ring (bicyclic) bond motifs is 1. The van der Waals surface area contributed by atoms with E-state index >= 15 is 0 Å². The zero-order valence-electron chi connectivity index (χ0n) is 15.0. The van der Waals surface area contributed by atoms with Gasteiger partial charge < -0.3 is 21.3 Å². The van der Waals surface area contributed by atoms with Gasteiger partial charge in [-0.1, -0.05) is 30.3 Å². The van der Waals surface area contributed by atoms with Gasteiger partial charge in [-0.2, -0.15) is 0 Å². The van der Waals surface area contributed by atoms with E-state index in [2.05, 4.69) is 10.6 Å². The molecular formula is C19H26N4O3. The van der Waals surface area contributed by atoms with Crippen LogP contribution in [0.15, 0.2) is 30.3 Å². The van der Waals surface area contributed by atoms with E-state index in [1.165, 1.54) is 0 Å². The Morgan fingerprint density at radius 2 is 1.88 bits per heavy atom. The van der Waals surface area contributed by atoms with Gasteiger partial charge in [0.05, 0.1) is 6.04 Å². The second-order valence-electron chi connectivity index (χ2n) is 7.12. The van der Waals surface area contributed by atoms with Crippen molar-refractivity contribution < 1.29 is 14.4 Å². The van der Waals surface area contributed by atoms with Crippen LogP contribution in [0.2, 0.25) is 0 Å². The minimum Gasteiger partial charge on any atom is -0.350 e. The van der Waals surface area contributed by atoms with E-state index in [1.807, 2.05) is 30.3 Å². The molecule has 4 unspecified atom stereocenters. The molecule has 1 aromatic carbocycles. The summed E-state index contributed by atoms with van der Waals surface area (Å²) in [6.45, 7) is 2.02. The average Bonchev–Trinajstić information content (AvgIpc) is 3.07. The van der Waals surface area contributed by atoms with Crippen molar-refractivity contribution in [1.82, 2.24) is 15.5 Å². The Hall–Kier alpha value is -2.41. The van der Waals surface area contributed by atoms with Crippen molar-refractivity contribution in [2.24, 2.45) is 5.73 Å². The molecule has 2 aliphatic heterocycles. The van der Waals surface area contributed by atoms with Gasteiger partial charge in [-0.05, 0) is 38.2 Å². The summed E-state index contributed by atoms with van der Waals surface area (Å²) in [6, 6.07) is 8.03. The van der Waals surface area contributed by atoms with Crippen LogP contribution < -0.4 is 16.4 Å². The first-order valence-electron chi connectivity index (χ1n) is 9.17. The van der Waals surface area contributed by atoms with Gasteiger partial charge in [-0.25, -0.2) is 0 Å². The van der Waals surface area contributed by atoms with Crippen molar-refractivity contribution in [2.45, 2.75) is 63.3 Å². The fourth-order valence-electron chi connectivity index (χ4n) is 3.76. The van der Waals surface area contributed by atoms with E-state index in [4.69, 9.17) is 5.73 Å². The fraction of sp³-hybridized carbons (Fsp3) is 0.526. The van der Waals surface area contributed by atoms with Crippen molar-refractivity contribution in [3.63, 3.8) is 0 Å². The highest BCUT2D eigenvalue weighted by Gasteiger charge is 2.46. The number of nitrogens with zero attached hydrogens (tertiary/aromatic N) is 1. The van der Waals surface area contributed by atoms with Crippen molar-refractivity contribution in [1.29, 1.82) is 0 Å². The first-order chi connectivity index (χ1) is 12.5. The summed E-state index contributed by atoms with van der Waals surface area (Å²) in [5, 5.41) is 5.64. The van der Waals surface area contributed by atoms with Crippen LogP contribution in [0.4, 0.5) is 0 Å². The molecule has 0 saturated carbocycles. The lowest BCUT2D eigenvalue weighted by Gasteiger charge is -2.38. The van der Waals surface area contributed by atoms with Crippen LogP contribution in [0.3, 0.4) is 0 Å². The number of rotatable bonds is 5. The lowest BCUT2D eigenvalue weighted by molar-refractivity contribution is -0.146. The predicted molar refractivity (Wildman–Crippen MR) is 96.8 cm³/mol. The van der Waals surface area contributed by atoms with Gasteiger partial charge in [-0.15, -0.1) is 0 Å². The summed E-state index contributed by atoms with van der Waals surface area (Å²) in [6.07, 6.45) is 2.86. The molecule has 7 nitrogen and oxygen atoms in total. The van der Waals surface area contributed by atoms with Gasteiger partial charge in [0.25, 0.3) is 0 Å². The molecule has 4 atom stereocenters. The van der Waals surface area contributed by atoms with Crippen LogP contribution in [0.5, 0.6) is 0 Å². The second-order valence-corrected chi connectivity index (χ2v) is 7.12. The highest BCUT2D eigenvalue weighted by atomic mass is 16.2. The van der Waals surface area contributed by atoms with Crippen molar-refractivity contribution >= 4 is 17.7 Å². The highest BCUT2D eigenvalue weighted by Crippen LogP contribution is 2.32. The highest BCUT2D eigenvalue weighted by molar-refractivity contribution is 5.94. The Morgan fingerprint density at radius 1 is 1.19 bits per heavy atom. The van der Waals surface area contributed by atoms with Crippen LogP contribution >= 0.6 is 0 Å². The van der Waals surface area contributed by atoms with E-state index in [-0.39, 0.29) is 23.8 Å². The van der Waals surface area contributed by atoms with Crippen molar-refractivity contribution in [3.05, 3.63) is 35.9 Å². The molecule has 1 aromatic rings. The zero-order valence-corrected chi connectivity index (χ0v) is 15.0. The van der Waals surface area contributed by atoms with Gasteiger partial charge in [0.15, 0.2) is 0 Å². The number of nitrogens with one attached hydrogen (secondary N) is 2. The summed E-state index contributed by atoms with van der Waals surface area (Å²) >= 11 is 0. The smallest absolute Gasteiger partial charge is 0.246 e. The molecule has 3 rings (SSSR count). The largest absolute Gasteiger partial charge is 0.350 e. The van der Waals surface area contributed by atoms with E-state index < -0.39 is 18.1 Å². The van der Waals surface area contributed by atoms with Crippen molar-refractivity contribution in [2.75, 3.05) is 0 Å². The minimum absolute atomic E-state index is 0.0819. The normalized spacial score (nSPS) is 26.2. The maximum atomic E-state index is 12.8. The fourth-order valence-corrected chi connectivity index (χ4v) is 3.76. The molecule has 7 heteroatoms. The van der Waals surface area contributed by atoms with Crippen LogP contribution in [0, 0.1) is 0 Å². The lowest BCUT2D eigenvalue weighted by Crippen LogP contribution is -2.59. The number of carbonyl (C=O) groups excluding carboxylic acids is 3. The van der Waals surface area contributed by atoms with Crippen LogP contribution in [0.25, 0.3) is 0 Å². The molecule has 2 saturated heterocycles. The Labute approximate surface area is 153 Å². The number of nitrogens with two attached hydrogens (primary N) is 1. The first kappa shape index (κ1) is 18.4. The number of piperidine rings is 1. The number of benzene rings is 1. The number of carbonyl (C=O) groups is 3. The summed E-state index contributed by atoms with van der Waals surface area (Å²) < 4.78 is 0. The number of amides is 3. The summed E-state index contributed by atoms with van der Waals surface area (Å²) in [5.74, 6) is -0.650. The molecule has 0 radical (unpaired) electrons. The molecule has 2 aliphatic rings. The standard InChI is InChI=1S/C19H26N4O3/c1-12(20)17(24)22-15-9-7-14-8-10-16(23(14)19(15)26)18(25)21-11-13-5-3-2-4-6-13/h2-6,12,14-16H,7-11,20H2,1H3,(H,21,25)(H,22,24). The second kappa shape index (κ2) is 7.86. The third-order valence-corrected chi connectivity index (χ3v) is 5.19. The Balaban J connectivity index is 1.63. The first-order valence-corrected chi connectivity index (χ1v) is 9.17. The Bertz CT molecular complexity index is 677. The molecule has 2 heterocycles. The molecule has 3 amide bonds. The maximum absolute atomic E-state index is 12.8. The summed E-state index contributed by atoms with van der Waals surface area (Å²) in [7, 11) is 0. The predicted octanol–water partition coefficient (Wildman–Crippen LogP) is 0.288. The van der Waals surface area contributed by atoms with Gasteiger partial charge in [0.2, 0.25) is 17.7 Å². The lowest BCUT2D eigenvalue weighted by atomic mass is 9.97. The molecule has 4 N–H and O–H groups in total. The molecule has 0 aliphatic carbocycles. The van der Waals surface area contributed by atoms with Crippen molar-refractivity contribution in [3.8, 4) is 0 Å². The van der Waals surface area contributed by atoms with E-state index in [0.29, 0.717) is 19.4 Å². The van der Waals surface area contributed by atoms with Gasteiger partial charge in [0, 0.05) is 12.6 Å². The topological polar surface area (TPSA) is 105 Å². The number of hydrogen-bond donors (Lipinski definition) is 3. The van der Waals surface area contributed by atoms with Gasteiger partial charge in [-0.3, -0.25) is 14.4 Å². The van der Waals surface area contributed by atoms with E-state index in [1.54, 1.807) is 11.8 Å². The monoisotopic (exact) mass is 358 g/mol. The van der Waals surface area contributed by atoms with Crippen LogP contribution in [0.1, 0.15) is 38.2 Å². The van der Waals surface area contributed by atoms with E-state index in [9.17, 15) is 14.4 Å². The van der Waals surface area contributed by atoms with E-state index in [0.717, 1.165) is 18.4 Å². The Morgan fingerprint density at radius 3 is 2.58 bits per heavy atom. The SMILES string of the molecule is CC(N)C(=O)NC1CCC2CCC(C(=O)NCc3ccccc3)N2C1=O. The number of hydrogen-bond acceptors (Lipinski definition) is 4. The van der Waals surface area contributed by atoms with Crippen LogP contribution in [-0.4, -0.2) is 46.8 Å². The summed E-state index contributed by atoms with van der Waals surface area (Å²) in [5.41, 5.74) is 6.59. The Kier molecular flexibility index (Phi) is 5.56.